The number of aliphatic hydroxyl groups excluding tert-OH is 1. The molecule has 2 aliphatic rings. The number of halogens is 2. The van der Waals surface area contributed by atoms with Gasteiger partial charge < -0.3 is 10.0 Å². The SMILES string of the molecule is O=C([C@@H]1C[C@H]1c1ccc(Cl)c(Cl)c1)N1CCN(CCO)CC1. The molecule has 2 fully saturated rings. The summed E-state index contributed by atoms with van der Waals surface area (Å²) in [5.74, 6) is 0.610. The number of carbonyl (C=O) groups excluding carboxylic acids is 1. The number of hydrogen-bond donors (Lipinski definition) is 1. The van der Waals surface area contributed by atoms with Crippen molar-refractivity contribution in [2.24, 2.45) is 5.92 Å². The van der Waals surface area contributed by atoms with Crippen LogP contribution in [0.5, 0.6) is 0 Å². The van der Waals surface area contributed by atoms with Gasteiger partial charge in [0.2, 0.25) is 5.91 Å². The van der Waals surface area contributed by atoms with Crippen LogP contribution in [0.4, 0.5) is 0 Å². The Labute approximate surface area is 140 Å². The van der Waals surface area contributed by atoms with Gasteiger partial charge >= 0.3 is 0 Å². The van der Waals surface area contributed by atoms with E-state index in [1.807, 2.05) is 17.0 Å². The van der Waals surface area contributed by atoms with Crippen molar-refractivity contribution in [2.45, 2.75) is 12.3 Å². The molecule has 1 aliphatic heterocycles. The van der Waals surface area contributed by atoms with Crippen molar-refractivity contribution in [1.29, 1.82) is 0 Å². The Balaban J connectivity index is 1.56. The van der Waals surface area contributed by atoms with Crippen molar-refractivity contribution in [3.05, 3.63) is 33.8 Å². The molecular weight excluding hydrogens is 323 g/mol. The molecule has 1 aliphatic carbocycles. The van der Waals surface area contributed by atoms with Crippen molar-refractivity contribution in [1.82, 2.24) is 9.80 Å². The Morgan fingerprint density at radius 2 is 1.91 bits per heavy atom. The number of β-amino-alcohol motifs (C(OH)–C–C–N with tert-alkyl or cyclic N) is 1. The number of piperazine rings is 1. The Kier molecular flexibility index (Phi) is 4.93. The average Bonchev–Trinajstić information content (AvgIpc) is 3.31. The van der Waals surface area contributed by atoms with Crippen LogP contribution in [0.3, 0.4) is 0 Å². The first kappa shape index (κ1) is 16.1. The van der Waals surface area contributed by atoms with Gasteiger partial charge in [0.15, 0.2) is 0 Å². The zero-order valence-electron chi connectivity index (χ0n) is 12.3. The third kappa shape index (κ3) is 3.40. The number of benzene rings is 1. The lowest BCUT2D eigenvalue weighted by Gasteiger charge is -2.34. The molecule has 1 amide bonds. The van der Waals surface area contributed by atoms with Crippen LogP contribution in [0.15, 0.2) is 18.2 Å². The van der Waals surface area contributed by atoms with Crippen LogP contribution >= 0.6 is 23.2 Å². The number of hydrogen-bond acceptors (Lipinski definition) is 3. The molecule has 6 heteroatoms. The summed E-state index contributed by atoms with van der Waals surface area (Å²) in [5, 5.41) is 10.1. The van der Waals surface area contributed by atoms with Crippen molar-refractivity contribution < 1.29 is 9.90 Å². The minimum atomic E-state index is 0.0848. The number of nitrogens with zero attached hydrogens (tertiary/aromatic N) is 2. The van der Waals surface area contributed by atoms with Crippen molar-refractivity contribution in [3.8, 4) is 0 Å². The molecule has 120 valence electrons. The second-order valence-corrected chi connectivity index (χ2v) is 6.83. The molecule has 1 saturated carbocycles. The highest BCUT2D eigenvalue weighted by Gasteiger charge is 2.46. The fourth-order valence-corrected chi connectivity index (χ4v) is 3.45. The van der Waals surface area contributed by atoms with E-state index in [-0.39, 0.29) is 24.3 Å². The second-order valence-electron chi connectivity index (χ2n) is 6.01. The highest BCUT2D eigenvalue weighted by molar-refractivity contribution is 6.42. The molecule has 0 aromatic heterocycles. The third-order valence-corrected chi connectivity index (χ3v) is 5.32. The highest BCUT2D eigenvalue weighted by Crippen LogP contribution is 2.49. The fraction of sp³-hybridized carbons (Fsp3) is 0.562. The normalized spacial score (nSPS) is 25.3. The minimum Gasteiger partial charge on any atom is -0.395 e. The molecular formula is C16H20Cl2N2O2. The Hall–Kier alpha value is -0.810. The molecule has 0 spiro atoms. The summed E-state index contributed by atoms with van der Waals surface area (Å²) in [6, 6.07) is 5.64. The van der Waals surface area contributed by atoms with Crippen molar-refractivity contribution in [2.75, 3.05) is 39.3 Å². The van der Waals surface area contributed by atoms with E-state index in [0.29, 0.717) is 16.6 Å². The van der Waals surface area contributed by atoms with Crippen LogP contribution in [-0.2, 0) is 4.79 Å². The molecule has 4 nitrogen and oxygen atoms in total. The van der Waals surface area contributed by atoms with Crippen LogP contribution in [0, 0.1) is 5.92 Å². The van der Waals surface area contributed by atoms with Crippen LogP contribution in [-0.4, -0.2) is 60.1 Å². The molecule has 22 heavy (non-hydrogen) atoms. The van der Waals surface area contributed by atoms with Gasteiger partial charge in [0.05, 0.1) is 16.7 Å². The van der Waals surface area contributed by atoms with Gasteiger partial charge in [-0.05, 0) is 30.0 Å². The van der Waals surface area contributed by atoms with Gasteiger partial charge in [-0.1, -0.05) is 29.3 Å². The first-order valence-electron chi connectivity index (χ1n) is 7.67. The first-order chi connectivity index (χ1) is 10.6. The van der Waals surface area contributed by atoms with E-state index in [1.165, 1.54) is 0 Å². The molecule has 2 atom stereocenters. The smallest absolute Gasteiger partial charge is 0.226 e. The molecule has 1 aromatic rings. The topological polar surface area (TPSA) is 43.8 Å². The van der Waals surface area contributed by atoms with Crippen molar-refractivity contribution in [3.63, 3.8) is 0 Å². The van der Waals surface area contributed by atoms with Gasteiger partial charge in [0.1, 0.15) is 0 Å². The molecule has 1 N–H and O–H groups in total. The van der Waals surface area contributed by atoms with E-state index in [4.69, 9.17) is 28.3 Å². The predicted molar refractivity (Wildman–Crippen MR) is 87.4 cm³/mol. The maximum Gasteiger partial charge on any atom is 0.226 e. The molecule has 1 aromatic carbocycles. The van der Waals surface area contributed by atoms with Gasteiger partial charge in [0, 0.05) is 38.6 Å². The highest BCUT2D eigenvalue weighted by atomic mass is 35.5. The van der Waals surface area contributed by atoms with E-state index in [2.05, 4.69) is 4.90 Å². The first-order valence-corrected chi connectivity index (χ1v) is 8.42. The lowest BCUT2D eigenvalue weighted by molar-refractivity contribution is -0.134. The maximum atomic E-state index is 12.6. The Morgan fingerprint density at radius 3 is 2.55 bits per heavy atom. The number of amides is 1. The maximum absolute atomic E-state index is 12.6. The van der Waals surface area contributed by atoms with E-state index in [1.54, 1.807) is 6.07 Å². The standard InChI is InChI=1S/C16H20Cl2N2O2/c17-14-2-1-11(9-15(14)18)12-10-13(12)16(22)20-5-3-19(4-6-20)7-8-21/h1-2,9,12-13,21H,3-8,10H2/t12-,13+/m0/s1. The van der Waals surface area contributed by atoms with E-state index < -0.39 is 0 Å². The zero-order chi connectivity index (χ0) is 15.7. The third-order valence-electron chi connectivity index (χ3n) is 4.58. The predicted octanol–water partition coefficient (Wildman–Crippen LogP) is 2.23. The summed E-state index contributed by atoms with van der Waals surface area (Å²) in [6.45, 7) is 4.06. The zero-order valence-corrected chi connectivity index (χ0v) is 13.9. The fourth-order valence-electron chi connectivity index (χ4n) is 3.15. The van der Waals surface area contributed by atoms with Gasteiger partial charge in [-0.2, -0.15) is 0 Å². The molecule has 1 heterocycles. The van der Waals surface area contributed by atoms with Gasteiger partial charge in [-0.15, -0.1) is 0 Å². The second kappa shape index (κ2) is 6.75. The molecule has 3 rings (SSSR count). The molecule has 0 unspecified atom stereocenters. The van der Waals surface area contributed by atoms with Gasteiger partial charge in [0.25, 0.3) is 0 Å². The Morgan fingerprint density at radius 1 is 1.18 bits per heavy atom. The molecule has 1 saturated heterocycles. The van der Waals surface area contributed by atoms with E-state index in [9.17, 15) is 4.79 Å². The van der Waals surface area contributed by atoms with Crippen LogP contribution in [0.25, 0.3) is 0 Å². The number of rotatable bonds is 4. The quantitative estimate of drug-likeness (QED) is 0.912. The summed E-state index contributed by atoms with van der Waals surface area (Å²) >= 11 is 12.0. The number of aliphatic hydroxyl groups is 1. The summed E-state index contributed by atoms with van der Waals surface area (Å²) in [4.78, 5) is 16.7. The van der Waals surface area contributed by atoms with E-state index >= 15 is 0 Å². The van der Waals surface area contributed by atoms with Crippen LogP contribution in [0.2, 0.25) is 10.0 Å². The summed E-state index contributed by atoms with van der Waals surface area (Å²) in [6.07, 6.45) is 0.896. The monoisotopic (exact) mass is 342 g/mol. The van der Waals surface area contributed by atoms with Gasteiger partial charge in [-0.25, -0.2) is 0 Å². The van der Waals surface area contributed by atoms with E-state index in [0.717, 1.165) is 38.2 Å². The average molecular weight is 343 g/mol. The lowest BCUT2D eigenvalue weighted by atomic mass is 10.1. The van der Waals surface area contributed by atoms with Crippen LogP contribution < -0.4 is 0 Å². The summed E-state index contributed by atoms with van der Waals surface area (Å²) in [5.41, 5.74) is 1.10. The largest absolute Gasteiger partial charge is 0.395 e. The molecule has 0 radical (unpaired) electrons. The minimum absolute atomic E-state index is 0.0848. The summed E-state index contributed by atoms with van der Waals surface area (Å²) in [7, 11) is 0. The Bertz CT molecular complexity index is 559. The van der Waals surface area contributed by atoms with Crippen LogP contribution in [0.1, 0.15) is 17.9 Å². The molecule has 0 bridgehead atoms. The summed E-state index contributed by atoms with van der Waals surface area (Å²) < 4.78 is 0. The number of carbonyl (C=O) groups is 1. The van der Waals surface area contributed by atoms with Crippen molar-refractivity contribution >= 4 is 29.1 Å². The van der Waals surface area contributed by atoms with Gasteiger partial charge in [-0.3, -0.25) is 9.69 Å². The lowest BCUT2D eigenvalue weighted by Crippen LogP contribution is -2.49.